The average Bonchev–Trinajstić information content (AvgIpc) is 2.72. The minimum atomic E-state index is -4.35. The van der Waals surface area contributed by atoms with Gasteiger partial charge in [0.25, 0.3) is 0 Å². The molecule has 2 fully saturated rings. The summed E-state index contributed by atoms with van der Waals surface area (Å²) < 4.78 is 37.5. The lowest BCUT2D eigenvalue weighted by Crippen LogP contribution is -2.48. The minimum Gasteiger partial charge on any atom is -0.480 e. The van der Waals surface area contributed by atoms with Gasteiger partial charge in [-0.2, -0.15) is 13.2 Å². The van der Waals surface area contributed by atoms with Crippen LogP contribution in [0.2, 0.25) is 0 Å². The second-order valence-corrected chi connectivity index (χ2v) is 5.02. The summed E-state index contributed by atoms with van der Waals surface area (Å²) in [6, 6.07) is -0.170. The predicted octanol–water partition coefficient (Wildman–Crippen LogP) is 1.17. The van der Waals surface area contributed by atoms with E-state index in [9.17, 15) is 18.0 Å². The fraction of sp³-hybridized carbons (Fsp3) is 0.909. The van der Waals surface area contributed by atoms with E-state index in [1.807, 2.05) is 0 Å². The lowest BCUT2D eigenvalue weighted by atomic mass is 10.0. The van der Waals surface area contributed by atoms with Gasteiger partial charge in [0.15, 0.2) is 0 Å². The number of carboxylic acid groups (broad SMARTS) is 1. The second kappa shape index (κ2) is 5.05. The van der Waals surface area contributed by atoms with E-state index in [-0.39, 0.29) is 12.1 Å². The van der Waals surface area contributed by atoms with E-state index >= 15 is 0 Å². The van der Waals surface area contributed by atoms with Gasteiger partial charge in [0, 0.05) is 18.6 Å². The Morgan fingerprint density at radius 1 is 1.33 bits per heavy atom. The van der Waals surface area contributed by atoms with Crippen LogP contribution in [0.25, 0.3) is 0 Å². The van der Waals surface area contributed by atoms with Crippen LogP contribution in [-0.2, 0) is 4.79 Å². The van der Waals surface area contributed by atoms with Gasteiger partial charge >= 0.3 is 12.1 Å². The highest BCUT2D eigenvalue weighted by molar-refractivity contribution is 5.69. The van der Waals surface area contributed by atoms with Crippen LogP contribution in [0.15, 0.2) is 0 Å². The molecule has 2 atom stereocenters. The molecule has 2 rings (SSSR count). The van der Waals surface area contributed by atoms with Crippen LogP contribution < -0.4 is 0 Å². The summed E-state index contributed by atoms with van der Waals surface area (Å²) >= 11 is 0. The number of hydrogen-bond acceptors (Lipinski definition) is 3. The summed E-state index contributed by atoms with van der Waals surface area (Å²) in [5.41, 5.74) is 0. The Labute approximate surface area is 103 Å². The molecular formula is C11H17F3N2O2. The topological polar surface area (TPSA) is 43.8 Å². The van der Waals surface area contributed by atoms with Crippen molar-refractivity contribution in [1.82, 2.24) is 9.80 Å². The fourth-order valence-corrected chi connectivity index (χ4v) is 3.18. The number of hydrogen-bond donors (Lipinski definition) is 1. The minimum absolute atomic E-state index is 0.103. The Balaban J connectivity index is 2.05. The molecule has 0 amide bonds. The smallest absolute Gasteiger partial charge is 0.401 e. The molecule has 2 heterocycles. The summed E-state index contributed by atoms with van der Waals surface area (Å²) in [5.74, 6) is -1.20. The molecule has 0 saturated carbocycles. The number of aliphatic carboxylic acids is 1. The van der Waals surface area contributed by atoms with Crippen molar-refractivity contribution in [2.24, 2.45) is 0 Å². The first-order valence-corrected chi connectivity index (χ1v) is 6.13. The number of carbonyl (C=O) groups is 1. The third-order valence-electron chi connectivity index (χ3n) is 3.76. The molecule has 0 aliphatic carbocycles. The van der Waals surface area contributed by atoms with Crippen molar-refractivity contribution in [3.8, 4) is 0 Å². The molecule has 0 aromatic heterocycles. The molecule has 2 aliphatic heterocycles. The van der Waals surface area contributed by atoms with Crippen LogP contribution in [0, 0.1) is 0 Å². The van der Waals surface area contributed by atoms with Crippen LogP contribution in [0.4, 0.5) is 13.2 Å². The van der Waals surface area contributed by atoms with E-state index in [1.54, 1.807) is 0 Å². The first kappa shape index (κ1) is 13.6. The Hall–Kier alpha value is -0.820. The molecule has 104 valence electrons. The monoisotopic (exact) mass is 266 g/mol. The van der Waals surface area contributed by atoms with Crippen molar-refractivity contribution in [3.63, 3.8) is 0 Å². The Kier molecular flexibility index (Phi) is 3.82. The quantitative estimate of drug-likeness (QED) is 0.829. The lowest BCUT2D eigenvalue weighted by molar-refractivity contribution is -0.158. The Morgan fingerprint density at radius 3 is 2.67 bits per heavy atom. The molecule has 2 unspecified atom stereocenters. The highest BCUT2D eigenvalue weighted by atomic mass is 19.4. The van der Waals surface area contributed by atoms with Crippen molar-refractivity contribution in [1.29, 1.82) is 0 Å². The van der Waals surface area contributed by atoms with E-state index in [0.717, 1.165) is 30.8 Å². The molecule has 0 bridgehead atoms. The van der Waals surface area contributed by atoms with Gasteiger partial charge in [0.1, 0.15) is 0 Å². The van der Waals surface area contributed by atoms with Crippen LogP contribution in [0.3, 0.4) is 0 Å². The molecule has 0 radical (unpaired) electrons. The van der Waals surface area contributed by atoms with Gasteiger partial charge in [-0.15, -0.1) is 0 Å². The van der Waals surface area contributed by atoms with Crippen LogP contribution in [-0.4, -0.2) is 65.3 Å². The van der Waals surface area contributed by atoms with Gasteiger partial charge in [-0.3, -0.25) is 14.6 Å². The summed E-state index contributed by atoms with van der Waals surface area (Å²) in [4.78, 5) is 14.0. The van der Waals surface area contributed by atoms with Gasteiger partial charge < -0.3 is 5.11 Å². The maximum Gasteiger partial charge on any atom is 0.401 e. The maximum atomic E-state index is 12.5. The van der Waals surface area contributed by atoms with E-state index in [4.69, 9.17) is 5.11 Å². The zero-order chi connectivity index (χ0) is 13.3. The normalized spacial score (nSPS) is 28.9. The summed E-state index contributed by atoms with van der Waals surface area (Å²) in [7, 11) is 0. The fourth-order valence-electron chi connectivity index (χ4n) is 3.18. The first-order valence-electron chi connectivity index (χ1n) is 6.13. The van der Waals surface area contributed by atoms with Crippen molar-refractivity contribution < 1.29 is 23.1 Å². The molecule has 2 aliphatic rings. The largest absolute Gasteiger partial charge is 0.480 e. The molecule has 0 aromatic carbocycles. The van der Waals surface area contributed by atoms with Gasteiger partial charge in [-0.1, -0.05) is 0 Å². The van der Waals surface area contributed by atoms with Crippen LogP contribution >= 0.6 is 0 Å². The first-order chi connectivity index (χ1) is 8.37. The summed E-state index contributed by atoms with van der Waals surface area (Å²) in [6.45, 7) is 0.0419. The average molecular weight is 266 g/mol. The molecule has 2 saturated heterocycles. The van der Waals surface area contributed by atoms with E-state index < -0.39 is 25.2 Å². The van der Waals surface area contributed by atoms with Gasteiger partial charge in [-0.05, 0) is 25.8 Å². The lowest BCUT2D eigenvalue weighted by Gasteiger charge is -2.32. The van der Waals surface area contributed by atoms with E-state index in [0.29, 0.717) is 6.42 Å². The number of alkyl halides is 3. The number of halogens is 3. The molecule has 18 heavy (non-hydrogen) atoms. The summed E-state index contributed by atoms with van der Waals surface area (Å²) in [5, 5.41) is 8.76. The highest BCUT2D eigenvalue weighted by Gasteiger charge is 2.43. The predicted molar refractivity (Wildman–Crippen MR) is 58.3 cm³/mol. The SMILES string of the molecule is O=C(O)CN(CC(F)(F)F)C1CCN2CCCC12. The molecule has 7 heteroatoms. The van der Waals surface area contributed by atoms with Crippen molar-refractivity contribution in [2.45, 2.75) is 37.5 Å². The third kappa shape index (κ3) is 3.14. The number of rotatable bonds is 4. The van der Waals surface area contributed by atoms with Crippen LogP contribution in [0.5, 0.6) is 0 Å². The Bertz CT molecular complexity index is 322. The van der Waals surface area contributed by atoms with Crippen LogP contribution in [0.1, 0.15) is 19.3 Å². The summed E-state index contributed by atoms with van der Waals surface area (Å²) in [6.07, 6.45) is -1.85. The van der Waals surface area contributed by atoms with Crippen molar-refractivity contribution >= 4 is 5.97 Å². The molecule has 1 N–H and O–H groups in total. The standard InChI is InChI=1S/C11H17F3N2O2/c12-11(13,14)7-16(6-10(17)18)9-3-5-15-4-1-2-8(9)15/h8-9H,1-7H2,(H,17,18). The molecular weight excluding hydrogens is 249 g/mol. The van der Waals surface area contributed by atoms with E-state index in [1.165, 1.54) is 0 Å². The number of nitrogens with zero attached hydrogens (tertiary/aromatic N) is 2. The van der Waals surface area contributed by atoms with Gasteiger partial charge in [0.2, 0.25) is 0 Å². The van der Waals surface area contributed by atoms with E-state index in [2.05, 4.69) is 4.90 Å². The molecule has 0 aromatic rings. The van der Waals surface area contributed by atoms with Gasteiger partial charge in [-0.25, -0.2) is 0 Å². The molecule has 4 nitrogen and oxygen atoms in total. The maximum absolute atomic E-state index is 12.5. The zero-order valence-electron chi connectivity index (χ0n) is 9.99. The third-order valence-corrected chi connectivity index (χ3v) is 3.76. The number of fused-ring (bicyclic) bond motifs is 1. The Morgan fingerprint density at radius 2 is 2.06 bits per heavy atom. The number of carboxylic acids is 1. The highest BCUT2D eigenvalue weighted by Crippen LogP contribution is 2.32. The second-order valence-electron chi connectivity index (χ2n) is 5.02. The van der Waals surface area contributed by atoms with Crippen molar-refractivity contribution in [2.75, 3.05) is 26.2 Å². The van der Waals surface area contributed by atoms with Gasteiger partial charge in [0.05, 0.1) is 13.1 Å². The zero-order valence-corrected chi connectivity index (χ0v) is 9.99. The van der Waals surface area contributed by atoms with Crippen molar-refractivity contribution in [3.05, 3.63) is 0 Å². The molecule has 0 spiro atoms.